The third-order valence-electron chi connectivity index (χ3n) is 3.59. The summed E-state index contributed by atoms with van der Waals surface area (Å²) in [5, 5.41) is 4.03. The molecule has 0 aliphatic heterocycles. The van der Waals surface area contributed by atoms with Crippen molar-refractivity contribution in [2.75, 3.05) is 25.9 Å². The van der Waals surface area contributed by atoms with Crippen LogP contribution in [0.2, 0.25) is 0 Å². The van der Waals surface area contributed by atoms with Gasteiger partial charge in [0.05, 0.1) is 5.75 Å². The van der Waals surface area contributed by atoms with Crippen molar-refractivity contribution < 1.29 is 4.79 Å². The topological polar surface area (TPSA) is 32.3 Å². The molecule has 1 fully saturated rings. The Balaban J connectivity index is 2.27. The minimum Gasteiger partial charge on any atom is -0.343 e. The molecular formula is C13H26N2OS. The zero-order valence-corrected chi connectivity index (χ0v) is 12.2. The fourth-order valence-electron chi connectivity index (χ4n) is 2.42. The lowest BCUT2D eigenvalue weighted by atomic mass is 9.95. The predicted molar refractivity (Wildman–Crippen MR) is 75.5 cm³/mol. The SMILES string of the molecule is CCN(CC)C(=O)CSC1CCCC(NC)C1. The van der Waals surface area contributed by atoms with E-state index in [2.05, 4.69) is 5.32 Å². The molecule has 2 unspecified atom stereocenters. The van der Waals surface area contributed by atoms with Gasteiger partial charge < -0.3 is 10.2 Å². The Morgan fingerprint density at radius 2 is 2.06 bits per heavy atom. The molecule has 4 heteroatoms. The van der Waals surface area contributed by atoms with Crippen molar-refractivity contribution in [2.45, 2.75) is 50.8 Å². The van der Waals surface area contributed by atoms with E-state index >= 15 is 0 Å². The number of nitrogens with one attached hydrogen (secondary N) is 1. The Morgan fingerprint density at radius 3 is 2.65 bits per heavy atom. The Kier molecular flexibility index (Phi) is 6.97. The van der Waals surface area contributed by atoms with Gasteiger partial charge in [0, 0.05) is 24.4 Å². The average Bonchev–Trinajstić information content (AvgIpc) is 2.38. The summed E-state index contributed by atoms with van der Waals surface area (Å²) in [4.78, 5) is 13.8. The fourth-order valence-corrected chi connectivity index (χ4v) is 3.68. The second-order valence-electron chi connectivity index (χ2n) is 4.65. The summed E-state index contributed by atoms with van der Waals surface area (Å²) in [6, 6.07) is 0.657. The van der Waals surface area contributed by atoms with E-state index in [-0.39, 0.29) is 0 Å². The third-order valence-corrected chi connectivity index (χ3v) is 4.91. The Labute approximate surface area is 110 Å². The molecule has 0 radical (unpaired) electrons. The number of hydrogen-bond acceptors (Lipinski definition) is 3. The highest BCUT2D eigenvalue weighted by Crippen LogP contribution is 2.28. The Bertz CT molecular complexity index is 231. The molecule has 1 aliphatic rings. The molecule has 17 heavy (non-hydrogen) atoms. The van der Waals surface area contributed by atoms with Crippen molar-refractivity contribution in [1.29, 1.82) is 0 Å². The van der Waals surface area contributed by atoms with E-state index in [4.69, 9.17) is 0 Å². The van der Waals surface area contributed by atoms with Crippen LogP contribution in [0.4, 0.5) is 0 Å². The van der Waals surface area contributed by atoms with Gasteiger partial charge in [0.25, 0.3) is 0 Å². The quantitative estimate of drug-likeness (QED) is 0.792. The molecule has 0 spiro atoms. The summed E-state index contributed by atoms with van der Waals surface area (Å²) in [5.41, 5.74) is 0. The maximum absolute atomic E-state index is 11.9. The van der Waals surface area contributed by atoms with Crippen molar-refractivity contribution in [1.82, 2.24) is 10.2 Å². The number of hydrogen-bond donors (Lipinski definition) is 1. The summed E-state index contributed by atoms with van der Waals surface area (Å²) in [5.74, 6) is 0.953. The largest absolute Gasteiger partial charge is 0.343 e. The van der Waals surface area contributed by atoms with Crippen LogP contribution in [-0.2, 0) is 4.79 Å². The highest BCUT2D eigenvalue weighted by Gasteiger charge is 2.22. The summed E-state index contributed by atoms with van der Waals surface area (Å²) < 4.78 is 0. The van der Waals surface area contributed by atoms with Crippen LogP contribution in [0.1, 0.15) is 39.5 Å². The van der Waals surface area contributed by atoms with E-state index in [0.29, 0.717) is 23.0 Å². The molecule has 100 valence electrons. The molecule has 1 amide bonds. The lowest BCUT2D eigenvalue weighted by molar-refractivity contribution is -0.127. The highest BCUT2D eigenvalue weighted by atomic mass is 32.2. The number of carbonyl (C=O) groups excluding carboxylic acids is 1. The van der Waals surface area contributed by atoms with Crippen LogP contribution in [0.25, 0.3) is 0 Å². The first-order chi connectivity index (χ1) is 8.21. The van der Waals surface area contributed by atoms with Crippen LogP contribution >= 0.6 is 11.8 Å². The van der Waals surface area contributed by atoms with E-state index in [9.17, 15) is 4.79 Å². The van der Waals surface area contributed by atoms with Crippen LogP contribution in [0.15, 0.2) is 0 Å². The summed E-state index contributed by atoms with van der Waals surface area (Å²) in [6.45, 7) is 5.76. The molecule has 0 bridgehead atoms. The average molecular weight is 258 g/mol. The number of carbonyl (C=O) groups is 1. The minimum absolute atomic E-state index is 0.298. The predicted octanol–water partition coefficient (Wildman–Crippen LogP) is 2.12. The summed E-state index contributed by atoms with van der Waals surface area (Å²) in [6.07, 6.45) is 5.07. The van der Waals surface area contributed by atoms with Crippen molar-refractivity contribution in [3.05, 3.63) is 0 Å². The lowest BCUT2D eigenvalue weighted by Gasteiger charge is -2.29. The second kappa shape index (κ2) is 7.98. The second-order valence-corrected chi connectivity index (χ2v) is 5.94. The molecule has 0 heterocycles. The molecule has 3 nitrogen and oxygen atoms in total. The minimum atomic E-state index is 0.298. The van der Waals surface area contributed by atoms with E-state index in [1.54, 1.807) is 0 Å². The smallest absolute Gasteiger partial charge is 0.232 e. The molecule has 1 rings (SSSR count). The van der Waals surface area contributed by atoms with Gasteiger partial charge in [-0.25, -0.2) is 0 Å². The third kappa shape index (κ3) is 4.88. The number of thioether (sulfide) groups is 1. The normalized spacial score (nSPS) is 24.6. The maximum atomic E-state index is 11.9. The first-order valence-electron chi connectivity index (χ1n) is 6.77. The van der Waals surface area contributed by atoms with Crippen LogP contribution < -0.4 is 5.32 Å². The van der Waals surface area contributed by atoms with Gasteiger partial charge in [-0.15, -0.1) is 11.8 Å². The van der Waals surface area contributed by atoms with Crippen LogP contribution in [0, 0.1) is 0 Å². The van der Waals surface area contributed by atoms with Gasteiger partial charge in [-0.2, -0.15) is 0 Å². The monoisotopic (exact) mass is 258 g/mol. The van der Waals surface area contributed by atoms with Crippen LogP contribution in [-0.4, -0.2) is 48.0 Å². The molecule has 2 atom stereocenters. The maximum Gasteiger partial charge on any atom is 0.232 e. The molecule has 1 aliphatic carbocycles. The van der Waals surface area contributed by atoms with Gasteiger partial charge in [0.15, 0.2) is 0 Å². The molecule has 0 aromatic heterocycles. The fraction of sp³-hybridized carbons (Fsp3) is 0.923. The summed E-state index contributed by atoms with van der Waals surface area (Å²) in [7, 11) is 2.04. The van der Waals surface area contributed by atoms with Crippen molar-refractivity contribution in [3.8, 4) is 0 Å². The van der Waals surface area contributed by atoms with Crippen molar-refractivity contribution in [2.24, 2.45) is 0 Å². The Hall–Kier alpha value is -0.220. The molecule has 0 aromatic carbocycles. The van der Waals surface area contributed by atoms with Crippen LogP contribution in [0.3, 0.4) is 0 Å². The number of nitrogens with zero attached hydrogens (tertiary/aromatic N) is 1. The van der Waals surface area contributed by atoms with E-state index < -0.39 is 0 Å². The number of rotatable bonds is 6. The van der Waals surface area contributed by atoms with Crippen molar-refractivity contribution >= 4 is 17.7 Å². The zero-order chi connectivity index (χ0) is 12.7. The summed E-state index contributed by atoms with van der Waals surface area (Å²) >= 11 is 1.85. The van der Waals surface area contributed by atoms with Gasteiger partial charge in [-0.3, -0.25) is 4.79 Å². The van der Waals surface area contributed by atoms with E-state index in [0.717, 1.165) is 13.1 Å². The molecular weight excluding hydrogens is 232 g/mol. The standard InChI is InChI=1S/C13H26N2OS/c1-4-15(5-2)13(16)10-17-12-8-6-7-11(9-12)14-3/h11-12,14H,4-10H2,1-3H3. The van der Waals surface area contributed by atoms with E-state index in [1.165, 1.54) is 25.7 Å². The first kappa shape index (κ1) is 14.8. The lowest BCUT2D eigenvalue weighted by Crippen LogP contribution is -2.35. The van der Waals surface area contributed by atoms with Gasteiger partial charge in [-0.05, 0) is 40.2 Å². The van der Waals surface area contributed by atoms with Crippen LogP contribution in [0.5, 0.6) is 0 Å². The van der Waals surface area contributed by atoms with E-state index in [1.807, 2.05) is 37.6 Å². The molecule has 1 saturated carbocycles. The Morgan fingerprint density at radius 1 is 1.35 bits per heavy atom. The molecule has 1 N–H and O–H groups in total. The van der Waals surface area contributed by atoms with Gasteiger partial charge in [0.1, 0.15) is 0 Å². The van der Waals surface area contributed by atoms with Crippen molar-refractivity contribution in [3.63, 3.8) is 0 Å². The molecule has 0 aromatic rings. The van der Waals surface area contributed by atoms with Gasteiger partial charge in [0.2, 0.25) is 5.91 Å². The highest BCUT2D eigenvalue weighted by molar-refractivity contribution is 8.00. The zero-order valence-electron chi connectivity index (χ0n) is 11.4. The van der Waals surface area contributed by atoms with Gasteiger partial charge >= 0.3 is 0 Å². The number of amides is 1. The first-order valence-corrected chi connectivity index (χ1v) is 7.82. The molecule has 0 saturated heterocycles. The van der Waals surface area contributed by atoms with Gasteiger partial charge in [-0.1, -0.05) is 6.42 Å².